The fourth-order valence-corrected chi connectivity index (χ4v) is 1.03. The summed E-state index contributed by atoms with van der Waals surface area (Å²) >= 11 is 1.51. The summed E-state index contributed by atoms with van der Waals surface area (Å²) in [6.45, 7) is 6.16. The van der Waals surface area contributed by atoms with Crippen LogP contribution in [0.5, 0.6) is 0 Å². The maximum atomic E-state index is 3.12. The Balaban J connectivity index is -0.000000173. The van der Waals surface area contributed by atoms with Gasteiger partial charge in [0.1, 0.15) is 0 Å². The second kappa shape index (κ2) is 16.3. The predicted octanol–water partition coefficient (Wildman–Crippen LogP) is 4.59. The van der Waals surface area contributed by atoms with Crippen LogP contribution in [-0.2, 0) is 24.2 Å². The maximum absolute atomic E-state index is 3.12. The molecule has 94 valence electrons. The number of hydrogen-bond acceptors (Lipinski definition) is 0. The first-order valence-corrected chi connectivity index (χ1v) is 6.55. The standard InChI is InChI=1S/2C6H7.C2H4.2ClH.Zr/c2*1-6-4-2-3-5-6;1-2;;;/h2*2,4H,3H2,1H3;1H,2H3;2*1H;/q2*-1;;;;+2. The van der Waals surface area contributed by atoms with Crippen molar-refractivity contribution in [2.45, 2.75) is 33.6 Å². The Kier molecular flexibility index (Phi) is 21.5. The van der Waals surface area contributed by atoms with E-state index in [-0.39, 0.29) is 24.8 Å². The molecule has 0 fully saturated rings. The van der Waals surface area contributed by atoms with Gasteiger partial charge in [-0.2, -0.15) is 12.2 Å². The van der Waals surface area contributed by atoms with Gasteiger partial charge in [-0.15, -0.1) is 37.7 Å². The minimum Gasteiger partial charge on any atom is -0.147 e. The summed E-state index contributed by atoms with van der Waals surface area (Å²) in [5.74, 6) is 0. The predicted molar refractivity (Wildman–Crippen MR) is 78.6 cm³/mol. The van der Waals surface area contributed by atoms with E-state index in [1.807, 2.05) is 6.92 Å². The molecular formula is C14H20Cl2Zr. The van der Waals surface area contributed by atoms with Crippen LogP contribution in [0.25, 0.3) is 0 Å². The first kappa shape index (κ1) is 22.5. The van der Waals surface area contributed by atoms with Gasteiger partial charge in [0.2, 0.25) is 0 Å². The molecule has 2 aliphatic carbocycles. The van der Waals surface area contributed by atoms with Crippen molar-refractivity contribution in [3.63, 3.8) is 0 Å². The Hall–Kier alpha value is 0.293. The number of allylic oxidation sites excluding steroid dienone is 8. The molecule has 0 saturated carbocycles. The molecule has 0 spiro atoms. The molecule has 0 amide bonds. The topological polar surface area (TPSA) is 0 Å². The molecule has 0 aromatic heterocycles. The van der Waals surface area contributed by atoms with E-state index in [9.17, 15) is 0 Å². The van der Waals surface area contributed by atoms with Crippen molar-refractivity contribution >= 4 is 28.5 Å². The quantitative estimate of drug-likeness (QED) is 0.561. The van der Waals surface area contributed by atoms with E-state index in [2.05, 4.69) is 54.0 Å². The van der Waals surface area contributed by atoms with Gasteiger partial charge in [-0.05, 0) is 0 Å². The smallest absolute Gasteiger partial charge is 0.147 e. The van der Waals surface area contributed by atoms with Crippen molar-refractivity contribution in [1.29, 1.82) is 0 Å². The Morgan fingerprint density at radius 2 is 1.29 bits per heavy atom. The Labute approximate surface area is 133 Å². The van der Waals surface area contributed by atoms with Crippen molar-refractivity contribution in [2.24, 2.45) is 0 Å². The minimum absolute atomic E-state index is 0. The van der Waals surface area contributed by atoms with Gasteiger partial charge in [-0.25, -0.2) is 23.3 Å². The fourth-order valence-electron chi connectivity index (χ4n) is 1.03. The van der Waals surface area contributed by atoms with E-state index in [0.717, 1.165) is 12.8 Å². The molecule has 0 heterocycles. The van der Waals surface area contributed by atoms with Crippen LogP contribution in [0.2, 0.25) is 0 Å². The molecule has 0 saturated heterocycles. The second-order valence-electron chi connectivity index (χ2n) is 3.22. The van der Waals surface area contributed by atoms with E-state index in [4.69, 9.17) is 0 Å². The second-order valence-corrected chi connectivity index (χ2v) is 4.64. The molecule has 0 radical (unpaired) electrons. The van der Waals surface area contributed by atoms with Crippen LogP contribution in [0.4, 0.5) is 0 Å². The summed E-state index contributed by atoms with van der Waals surface area (Å²) in [6.07, 6.45) is 16.7. The summed E-state index contributed by atoms with van der Waals surface area (Å²) in [6, 6.07) is 0. The molecular weight excluding hydrogens is 330 g/mol. The minimum atomic E-state index is 0. The molecule has 0 bridgehead atoms. The third-order valence-electron chi connectivity index (χ3n) is 1.73. The Morgan fingerprint density at radius 3 is 1.35 bits per heavy atom. The first-order chi connectivity index (χ1) is 7.20. The monoisotopic (exact) mass is 348 g/mol. The molecule has 0 aromatic rings. The molecule has 17 heavy (non-hydrogen) atoms. The summed E-state index contributed by atoms with van der Waals surface area (Å²) < 4.78 is 2.09. The van der Waals surface area contributed by atoms with Crippen LogP contribution >= 0.6 is 24.8 Å². The zero-order valence-electron chi connectivity index (χ0n) is 10.6. The molecule has 0 aromatic carbocycles. The van der Waals surface area contributed by atoms with Gasteiger partial charge in [0, 0.05) is 0 Å². The third kappa shape index (κ3) is 16.3. The van der Waals surface area contributed by atoms with Crippen molar-refractivity contribution < 1.29 is 24.2 Å². The number of halogens is 2. The third-order valence-corrected chi connectivity index (χ3v) is 1.73. The molecule has 2 rings (SSSR count). The Morgan fingerprint density at radius 1 is 1.00 bits per heavy atom. The van der Waals surface area contributed by atoms with Crippen molar-refractivity contribution in [3.05, 3.63) is 47.6 Å². The van der Waals surface area contributed by atoms with E-state index in [1.54, 1.807) is 0 Å². The van der Waals surface area contributed by atoms with Crippen molar-refractivity contribution in [2.75, 3.05) is 0 Å². The van der Waals surface area contributed by atoms with Crippen molar-refractivity contribution in [3.8, 4) is 0 Å². The van der Waals surface area contributed by atoms with Gasteiger partial charge in [0.25, 0.3) is 0 Å². The Bertz CT molecular complexity index is 266. The fraction of sp³-hybridized carbons (Fsp3) is 0.357. The molecule has 2 aliphatic rings. The van der Waals surface area contributed by atoms with Crippen LogP contribution in [0.15, 0.2) is 35.5 Å². The van der Waals surface area contributed by atoms with E-state index >= 15 is 0 Å². The van der Waals surface area contributed by atoms with E-state index in [1.165, 1.54) is 35.4 Å². The van der Waals surface area contributed by atoms with E-state index in [0.29, 0.717) is 0 Å². The molecule has 0 nitrogen and oxygen atoms in total. The largest absolute Gasteiger partial charge is 0.147 e. The molecule has 0 N–H and O–H groups in total. The van der Waals surface area contributed by atoms with Crippen LogP contribution in [0.3, 0.4) is 0 Å². The van der Waals surface area contributed by atoms with Crippen LogP contribution in [-0.4, -0.2) is 3.71 Å². The zero-order chi connectivity index (χ0) is 11.5. The summed E-state index contributed by atoms with van der Waals surface area (Å²) in [4.78, 5) is 0. The summed E-state index contributed by atoms with van der Waals surface area (Å²) in [5.41, 5.74) is 2.55. The maximum Gasteiger partial charge on any atom is -0.147 e. The zero-order valence-corrected chi connectivity index (χ0v) is 14.7. The van der Waals surface area contributed by atoms with E-state index < -0.39 is 0 Å². The van der Waals surface area contributed by atoms with Crippen molar-refractivity contribution in [1.82, 2.24) is 0 Å². The van der Waals surface area contributed by atoms with Gasteiger partial charge in [-0.1, -0.05) is 13.8 Å². The van der Waals surface area contributed by atoms with Crippen LogP contribution in [0, 0.1) is 12.2 Å². The summed E-state index contributed by atoms with van der Waals surface area (Å²) in [7, 11) is 0. The van der Waals surface area contributed by atoms with Gasteiger partial charge in [0.15, 0.2) is 0 Å². The normalized spacial score (nSPS) is 13.9. The summed E-state index contributed by atoms with van der Waals surface area (Å²) in [5, 5.41) is 0. The van der Waals surface area contributed by atoms with Crippen LogP contribution in [0.1, 0.15) is 33.6 Å². The molecule has 0 aliphatic heterocycles. The van der Waals surface area contributed by atoms with Gasteiger partial charge in [0.05, 0.1) is 0 Å². The molecule has 0 unspecified atom stereocenters. The SMILES string of the molecule is CC1=[C-]CC=C1.CC1=[C-]CC=C1.C[CH]=[Zr+2].Cl.Cl. The number of rotatable bonds is 0. The molecule has 0 atom stereocenters. The van der Waals surface area contributed by atoms with Gasteiger partial charge in [-0.3, -0.25) is 12.2 Å². The molecule has 3 heteroatoms. The van der Waals surface area contributed by atoms with Gasteiger partial charge < -0.3 is 0 Å². The average molecular weight is 350 g/mol. The average Bonchev–Trinajstić information content (AvgIpc) is 2.81. The van der Waals surface area contributed by atoms with Gasteiger partial charge >= 0.3 is 34.9 Å². The van der Waals surface area contributed by atoms with Crippen LogP contribution < -0.4 is 0 Å². The number of hydrogen-bond donors (Lipinski definition) is 0. The first-order valence-electron chi connectivity index (χ1n) is 5.13.